The molecule has 1 N–H and O–H groups in total. The van der Waals surface area contributed by atoms with Gasteiger partial charge in [-0.15, -0.1) is 5.10 Å². The van der Waals surface area contributed by atoms with Crippen molar-refractivity contribution in [3.8, 4) is 17.3 Å². The molecule has 3 aromatic heterocycles. The predicted molar refractivity (Wildman–Crippen MR) is 168 cm³/mol. The molecule has 1 amide bonds. The number of amides is 1. The van der Waals surface area contributed by atoms with E-state index in [4.69, 9.17) is 15.1 Å². The number of aromatic nitrogens is 4. The van der Waals surface area contributed by atoms with Gasteiger partial charge in [-0.2, -0.15) is 9.78 Å². The Bertz CT molecular complexity index is 1720. The topological polar surface area (TPSA) is 117 Å². The molecular weight excluding hydrogens is 583 g/mol. The summed E-state index contributed by atoms with van der Waals surface area (Å²) >= 11 is 2.99. The summed E-state index contributed by atoms with van der Waals surface area (Å²) in [4.78, 5) is 32.3. The molecule has 0 aliphatic carbocycles. The number of carbonyl (C=O) groups excluding carboxylic acids is 1. The van der Waals surface area contributed by atoms with Gasteiger partial charge in [-0.25, -0.2) is 9.97 Å². The summed E-state index contributed by atoms with van der Waals surface area (Å²) < 4.78 is 1.93. The van der Waals surface area contributed by atoms with E-state index in [1.54, 1.807) is 16.2 Å². The number of benzene rings is 1. The zero-order valence-electron chi connectivity index (χ0n) is 24.7. The van der Waals surface area contributed by atoms with Crippen molar-refractivity contribution in [1.82, 2.24) is 29.4 Å². The lowest BCUT2D eigenvalue weighted by Crippen LogP contribution is -2.55. The van der Waals surface area contributed by atoms with Crippen LogP contribution in [0, 0.1) is 23.7 Å². The molecule has 6 heterocycles. The molecule has 3 aliphatic heterocycles. The number of hydrogen-bond acceptors (Lipinski definition) is 11. The number of thiazole rings is 1. The van der Waals surface area contributed by atoms with E-state index < -0.39 is 0 Å². The van der Waals surface area contributed by atoms with Gasteiger partial charge in [0.15, 0.2) is 10.9 Å². The van der Waals surface area contributed by atoms with E-state index in [-0.39, 0.29) is 17.4 Å². The van der Waals surface area contributed by atoms with Crippen LogP contribution in [0.2, 0.25) is 0 Å². The fourth-order valence-corrected chi connectivity index (χ4v) is 8.33. The molecule has 3 aliphatic rings. The van der Waals surface area contributed by atoms with E-state index in [1.165, 1.54) is 11.3 Å². The van der Waals surface area contributed by atoms with Crippen molar-refractivity contribution < 1.29 is 9.90 Å². The molecule has 11 nitrogen and oxygen atoms in total. The van der Waals surface area contributed by atoms with Crippen molar-refractivity contribution >= 4 is 49.6 Å². The maximum absolute atomic E-state index is 12.6. The Morgan fingerprint density at radius 2 is 1.93 bits per heavy atom. The Labute approximate surface area is 258 Å². The molecule has 7 rings (SSSR count). The molecule has 13 heteroatoms. The summed E-state index contributed by atoms with van der Waals surface area (Å²) in [5.74, 6) is 0.999. The van der Waals surface area contributed by atoms with Crippen LogP contribution in [0.5, 0.6) is 0 Å². The number of carbonyl (C=O) groups is 1. The number of rotatable bonds is 7. The van der Waals surface area contributed by atoms with Crippen LogP contribution in [0.3, 0.4) is 0 Å². The van der Waals surface area contributed by atoms with Gasteiger partial charge in [-0.05, 0) is 32.7 Å². The number of aliphatic hydroxyl groups excluding tert-OH is 1. The molecule has 43 heavy (non-hydrogen) atoms. The summed E-state index contributed by atoms with van der Waals surface area (Å²) in [6.07, 6.45) is 2.54. The van der Waals surface area contributed by atoms with E-state index in [9.17, 15) is 15.2 Å². The Hall–Kier alpha value is -3.57. The first-order chi connectivity index (χ1) is 20.8. The van der Waals surface area contributed by atoms with E-state index in [1.807, 2.05) is 47.7 Å². The zero-order chi connectivity index (χ0) is 29.9. The third-order valence-electron chi connectivity index (χ3n) is 9.02. The van der Waals surface area contributed by atoms with Gasteiger partial charge in [0.1, 0.15) is 16.6 Å². The molecule has 4 aromatic rings. The third-order valence-corrected chi connectivity index (χ3v) is 11.0. The minimum absolute atomic E-state index is 0.120. The quantitative estimate of drug-likeness (QED) is 0.332. The molecule has 1 spiro atoms. The molecule has 3 saturated heterocycles. The third kappa shape index (κ3) is 5.06. The average molecular weight is 618 g/mol. The molecule has 1 aromatic carbocycles. The van der Waals surface area contributed by atoms with Gasteiger partial charge in [0.25, 0.3) is 0 Å². The fraction of sp³-hybridized carbons (Fsp3) is 0.500. The number of fused-ring (bicyclic) bond motifs is 1. The zero-order valence-corrected chi connectivity index (χ0v) is 26.3. The van der Waals surface area contributed by atoms with E-state index >= 15 is 0 Å². The molecule has 224 valence electrons. The largest absolute Gasteiger partial charge is 0.389 e. The Morgan fingerprint density at radius 1 is 1.16 bits per heavy atom. The van der Waals surface area contributed by atoms with E-state index in [2.05, 4.69) is 22.8 Å². The predicted octanol–water partition coefficient (Wildman–Crippen LogP) is 3.53. The molecular formula is C30H35N9O2S2. The van der Waals surface area contributed by atoms with Crippen LogP contribution in [0.1, 0.15) is 35.9 Å². The Morgan fingerprint density at radius 3 is 2.65 bits per heavy atom. The first kappa shape index (κ1) is 28.2. The van der Waals surface area contributed by atoms with E-state index in [0.29, 0.717) is 30.2 Å². The number of β-amino-alcohol motifs (C(OH)–C–C–N with tert-alkyl or cyclic N) is 1. The number of anilines is 3. The van der Waals surface area contributed by atoms with Gasteiger partial charge in [-0.1, -0.05) is 59.4 Å². The second-order valence-corrected chi connectivity index (χ2v) is 14.0. The standard InChI is InChI=1S/C30H35N9O2S2/c1-4-22-26(35(3)27-33-25(23(13-31)42-27)20-7-5-19(2)6-8-20)39-28(32-22)43-29(34-39)37-12-10-30(18-37)9-11-36(17-30)16-24(41)38-14-21(40)15-38/h5-8,21,40H,4,9-12,14-18H2,1-3H3. The first-order valence-electron chi connectivity index (χ1n) is 14.8. The van der Waals surface area contributed by atoms with Crippen molar-refractivity contribution in [3.63, 3.8) is 0 Å². The van der Waals surface area contributed by atoms with Crippen LogP contribution in [0.25, 0.3) is 16.2 Å². The lowest BCUT2D eigenvalue weighted by molar-refractivity contribution is -0.142. The molecule has 0 bridgehead atoms. The van der Waals surface area contributed by atoms with Gasteiger partial charge in [0.05, 0.1) is 18.3 Å². The highest BCUT2D eigenvalue weighted by atomic mass is 32.1. The smallest absolute Gasteiger partial charge is 0.236 e. The second-order valence-electron chi connectivity index (χ2n) is 12.1. The minimum Gasteiger partial charge on any atom is -0.389 e. The Kier molecular flexibility index (Phi) is 7.12. The first-order valence-corrected chi connectivity index (χ1v) is 16.4. The molecule has 3 fully saturated rings. The second kappa shape index (κ2) is 10.9. The maximum Gasteiger partial charge on any atom is 0.236 e. The highest BCUT2D eigenvalue weighted by Crippen LogP contribution is 2.43. The van der Waals surface area contributed by atoms with Crippen LogP contribution >= 0.6 is 22.7 Å². The van der Waals surface area contributed by atoms with Gasteiger partial charge in [-0.3, -0.25) is 9.69 Å². The lowest BCUT2D eigenvalue weighted by Gasteiger charge is -2.37. The van der Waals surface area contributed by atoms with Crippen LogP contribution in [0.4, 0.5) is 16.1 Å². The van der Waals surface area contributed by atoms with Gasteiger partial charge in [0, 0.05) is 50.7 Å². The summed E-state index contributed by atoms with van der Waals surface area (Å²) in [5, 5.41) is 26.2. The van der Waals surface area contributed by atoms with Crippen LogP contribution in [-0.2, 0) is 11.2 Å². The monoisotopic (exact) mass is 617 g/mol. The molecule has 0 saturated carbocycles. The number of nitrogens with zero attached hydrogens (tertiary/aromatic N) is 9. The summed E-state index contributed by atoms with van der Waals surface area (Å²) in [6, 6.07) is 10.4. The normalized spacial score (nSPS) is 20.8. The molecule has 1 unspecified atom stereocenters. The van der Waals surface area contributed by atoms with E-state index in [0.717, 1.165) is 83.3 Å². The number of aliphatic hydroxyl groups is 1. The highest BCUT2D eigenvalue weighted by Gasteiger charge is 2.45. The highest BCUT2D eigenvalue weighted by molar-refractivity contribution is 7.20. The Balaban J connectivity index is 1.10. The summed E-state index contributed by atoms with van der Waals surface area (Å²) in [6.45, 7) is 9.19. The molecule has 1 atom stereocenters. The van der Waals surface area contributed by atoms with Gasteiger partial charge < -0.3 is 19.8 Å². The van der Waals surface area contributed by atoms with Crippen LogP contribution in [0.15, 0.2) is 24.3 Å². The summed E-state index contributed by atoms with van der Waals surface area (Å²) in [5.41, 5.74) is 3.90. The number of hydrogen-bond donors (Lipinski definition) is 1. The average Bonchev–Trinajstić information content (AvgIpc) is 3.80. The van der Waals surface area contributed by atoms with Crippen molar-refractivity contribution in [2.75, 3.05) is 62.7 Å². The number of imidazole rings is 1. The fourth-order valence-electron chi connectivity index (χ4n) is 6.54. The summed E-state index contributed by atoms with van der Waals surface area (Å²) in [7, 11) is 1.97. The van der Waals surface area contributed by atoms with Crippen LogP contribution < -0.4 is 9.80 Å². The number of likely N-dealkylation sites (tertiary alicyclic amines) is 2. The SMILES string of the molecule is CCc1nc2sc(N3CCC4(CCN(CC(=O)N5CC(O)C5)C4)C3)nn2c1N(C)c1nc(-c2ccc(C)cc2)c(C#N)s1. The minimum atomic E-state index is -0.363. The number of nitriles is 1. The van der Waals surface area contributed by atoms with Crippen molar-refractivity contribution in [1.29, 1.82) is 5.26 Å². The van der Waals surface area contributed by atoms with Crippen molar-refractivity contribution in [3.05, 3.63) is 40.4 Å². The molecule has 0 radical (unpaired) electrons. The maximum atomic E-state index is 12.6. The van der Waals surface area contributed by atoms with Crippen molar-refractivity contribution in [2.24, 2.45) is 5.41 Å². The van der Waals surface area contributed by atoms with Crippen molar-refractivity contribution in [2.45, 2.75) is 39.2 Å². The number of aryl methyl sites for hydroxylation is 2. The van der Waals surface area contributed by atoms with Gasteiger partial charge in [0.2, 0.25) is 16.0 Å². The lowest BCUT2D eigenvalue weighted by atomic mass is 9.86. The van der Waals surface area contributed by atoms with Crippen LogP contribution in [-0.4, -0.2) is 99.4 Å². The van der Waals surface area contributed by atoms with Gasteiger partial charge >= 0.3 is 0 Å².